The van der Waals surface area contributed by atoms with Gasteiger partial charge in [-0.25, -0.2) is 9.98 Å². The summed E-state index contributed by atoms with van der Waals surface area (Å²) in [5.74, 6) is 0.672. The first-order valence-corrected chi connectivity index (χ1v) is 9.54. The van der Waals surface area contributed by atoms with Gasteiger partial charge in [-0.05, 0) is 25.3 Å². The van der Waals surface area contributed by atoms with Gasteiger partial charge < -0.3 is 15.7 Å². The van der Waals surface area contributed by atoms with Gasteiger partial charge in [0.15, 0.2) is 10.9 Å². The smallest absolute Gasteiger partial charge is 0.193 e. The van der Waals surface area contributed by atoms with Crippen LogP contribution < -0.4 is 10.6 Å². The first-order valence-electron chi connectivity index (χ1n) is 7.78. The molecular weight excluding hydrogens is 469 g/mol. The van der Waals surface area contributed by atoms with E-state index >= 15 is 0 Å². The highest BCUT2D eigenvalue weighted by atomic mass is 127. The molecule has 0 saturated heterocycles. The molecule has 0 radical (unpaired) electrons. The van der Waals surface area contributed by atoms with Crippen LogP contribution in [0.1, 0.15) is 24.4 Å². The first-order chi connectivity index (χ1) is 11.6. The largest absolute Gasteiger partial charge is 0.383 e. The zero-order chi connectivity index (χ0) is 17.0. The predicted octanol–water partition coefficient (Wildman–Crippen LogP) is 3.04. The maximum absolute atomic E-state index is 10.6. The predicted molar refractivity (Wildman–Crippen MR) is 115 cm³/mol. The molecule has 0 saturated carbocycles. The molecule has 3 heterocycles. The van der Waals surface area contributed by atoms with Gasteiger partial charge in [-0.15, -0.1) is 46.7 Å². The highest BCUT2D eigenvalue weighted by Crippen LogP contribution is 2.24. The van der Waals surface area contributed by atoms with Gasteiger partial charge in [-0.3, -0.25) is 4.40 Å². The third-order valence-electron chi connectivity index (χ3n) is 3.54. The Balaban J connectivity index is 0.00000225. The number of hydrogen-bond acceptors (Lipinski definition) is 5. The van der Waals surface area contributed by atoms with Crippen molar-refractivity contribution in [1.29, 1.82) is 0 Å². The molecule has 3 aromatic heterocycles. The van der Waals surface area contributed by atoms with E-state index in [1.807, 2.05) is 46.6 Å². The van der Waals surface area contributed by atoms with E-state index in [2.05, 4.69) is 20.6 Å². The van der Waals surface area contributed by atoms with Gasteiger partial charge in [-0.1, -0.05) is 6.07 Å². The number of imidazole rings is 1. The molecule has 0 aliphatic heterocycles. The van der Waals surface area contributed by atoms with Crippen molar-refractivity contribution in [2.75, 3.05) is 13.1 Å². The van der Waals surface area contributed by atoms with Gasteiger partial charge in [0.05, 0.1) is 18.8 Å². The summed E-state index contributed by atoms with van der Waals surface area (Å²) >= 11 is 3.15. The lowest BCUT2D eigenvalue weighted by Crippen LogP contribution is -2.44. The molecular formula is C16H22IN5OS2. The summed E-state index contributed by atoms with van der Waals surface area (Å²) in [6, 6.07) is 3.88. The standard InChI is InChI=1S/C16H21N5OS2.HI/c1-3-17-14(19-11-16(2,22)13-5-4-7-23-13)18-9-12-10-21-6-8-24-15(21)20-12;/h4-8,10,22H,3,9,11H2,1-2H3,(H2,17,18,19);1H. The zero-order valence-corrected chi connectivity index (χ0v) is 18.1. The number of nitrogens with one attached hydrogen (secondary N) is 2. The molecule has 3 N–H and O–H groups in total. The number of nitrogens with zero attached hydrogens (tertiary/aromatic N) is 3. The summed E-state index contributed by atoms with van der Waals surface area (Å²) in [6.07, 6.45) is 3.97. The van der Waals surface area contributed by atoms with Crippen molar-refractivity contribution in [2.24, 2.45) is 4.99 Å². The van der Waals surface area contributed by atoms with E-state index < -0.39 is 5.60 Å². The molecule has 0 spiro atoms. The molecule has 0 bridgehead atoms. The molecule has 136 valence electrons. The molecule has 6 nitrogen and oxygen atoms in total. The van der Waals surface area contributed by atoms with Crippen molar-refractivity contribution in [3.05, 3.63) is 45.9 Å². The molecule has 0 amide bonds. The van der Waals surface area contributed by atoms with Crippen LogP contribution in [0.15, 0.2) is 40.3 Å². The third-order valence-corrected chi connectivity index (χ3v) is 5.43. The fraction of sp³-hybridized carbons (Fsp3) is 0.375. The van der Waals surface area contributed by atoms with Crippen molar-refractivity contribution >= 4 is 57.6 Å². The molecule has 25 heavy (non-hydrogen) atoms. The Kier molecular flexibility index (Phi) is 7.23. The van der Waals surface area contributed by atoms with Crippen molar-refractivity contribution in [3.8, 4) is 0 Å². The maximum atomic E-state index is 10.6. The van der Waals surface area contributed by atoms with Gasteiger partial charge in [0.25, 0.3) is 0 Å². The number of guanidine groups is 1. The SMILES string of the molecule is CCNC(=NCc1cn2ccsc2n1)NCC(C)(O)c1cccs1.I. The van der Waals surface area contributed by atoms with Crippen LogP contribution in [-0.4, -0.2) is 33.5 Å². The molecule has 3 aromatic rings. The molecule has 0 aliphatic rings. The zero-order valence-electron chi connectivity index (χ0n) is 14.1. The highest BCUT2D eigenvalue weighted by molar-refractivity contribution is 14.0. The van der Waals surface area contributed by atoms with Crippen molar-refractivity contribution in [3.63, 3.8) is 0 Å². The van der Waals surface area contributed by atoms with E-state index in [0.29, 0.717) is 19.0 Å². The van der Waals surface area contributed by atoms with E-state index in [1.165, 1.54) is 0 Å². The lowest BCUT2D eigenvalue weighted by molar-refractivity contribution is 0.0655. The quantitative estimate of drug-likeness (QED) is 0.282. The minimum Gasteiger partial charge on any atom is -0.383 e. The van der Waals surface area contributed by atoms with Gasteiger partial charge >= 0.3 is 0 Å². The molecule has 0 fully saturated rings. The number of rotatable bonds is 6. The lowest BCUT2D eigenvalue weighted by Gasteiger charge is -2.23. The number of halogens is 1. The summed E-state index contributed by atoms with van der Waals surface area (Å²) in [6.45, 7) is 5.45. The maximum Gasteiger partial charge on any atom is 0.193 e. The summed E-state index contributed by atoms with van der Waals surface area (Å²) in [7, 11) is 0. The van der Waals surface area contributed by atoms with E-state index in [4.69, 9.17) is 0 Å². The van der Waals surface area contributed by atoms with Crippen LogP contribution in [0.25, 0.3) is 4.96 Å². The number of hydrogen-bond donors (Lipinski definition) is 3. The summed E-state index contributed by atoms with van der Waals surface area (Å²) in [5, 5.41) is 21.0. The Morgan fingerprint density at radius 3 is 2.88 bits per heavy atom. The topological polar surface area (TPSA) is 74.0 Å². The Bertz CT molecular complexity index is 781. The van der Waals surface area contributed by atoms with Crippen molar-refractivity contribution in [2.45, 2.75) is 26.0 Å². The molecule has 0 aromatic carbocycles. The normalized spacial score (nSPS) is 14.1. The van der Waals surface area contributed by atoms with Crippen LogP contribution in [0, 0.1) is 0 Å². The van der Waals surface area contributed by atoms with Crippen LogP contribution >= 0.6 is 46.7 Å². The molecule has 1 unspecified atom stereocenters. The van der Waals surface area contributed by atoms with E-state index in [1.54, 1.807) is 29.6 Å². The Labute approximate surface area is 172 Å². The van der Waals surface area contributed by atoms with Gasteiger partial charge in [0, 0.05) is 29.2 Å². The fourth-order valence-electron chi connectivity index (χ4n) is 2.28. The molecule has 1 atom stereocenters. The Morgan fingerprint density at radius 2 is 2.20 bits per heavy atom. The summed E-state index contributed by atoms with van der Waals surface area (Å²) in [4.78, 5) is 11.0. The summed E-state index contributed by atoms with van der Waals surface area (Å²) < 4.78 is 2.00. The second-order valence-corrected chi connectivity index (χ2v) is 7.45. The second-order valence-electron chi connectivity index (χ2n) is 5.62. The fourth-order valence-corrected chi connectivity index (χ4v) is 3.79. The Morgan fingerprint density at radius 1 is 1.36 bits per heavy atom. The Hall–Kier alpha value is -1.17. The number of thiophene rings is 1. The van der Waals surface area contributed by atoms with Gasteiger partial charge in [-0.2, -0.15) is 0 Å². The van der Waals surface area contributed by atoms with Crippen LogP contribution in [0.5, 0.6) is 0 Å². The monoisotopic (exact) mass is 491 g/mol. The number of aliphatic imine (C=N–C) groups is 1. The molecule has 0 aliphatic carbocycles. The van der Waals surface area contributed by atoms with Gasteiger partial charge in [0.1, 0.15) is 5.60 Å². The van der Waals surface area contributed by atoms with Crippen molar-refractivity contribution < 1.29 is 5.11 Å². The van der Waals surface area contributed by atoms with Crippen LogP contribution in [-0.2, 0) is 12.1 Å². The highest BCUT2D eigenvalue weighted by Gasteiger charge is 2.24. The minimum atomic E-state index is -0.929. The minimum absolute atomic E-state index is 0. The van der Waals surface area contributed by atoms with Gasteiger partial charge in [0.2, 0.25) is 0 Å². The van der Waals surface area contributed by atoms with E-state index in [-0.39, 0.29) is 24.0 Å². The average Bonchev–Trinajstić information content (AvgIpc) is 3.26. The van der Waals surface area contributed by atoms with E-state index in [0.717, 1.165) is 22.1 Å². The average molecular weight is 491 g/mol. The first kappa shape index (κ1) is 20.1. The van der Waals surface area contributed by atoms with Crippen LogP contribution in [0.3, 0.4) is 0 Å². The lowest BCUT2D eigenvalue weighted by atomic mass is 10.1. The summed E-state index contributed by atoms with van der Waals surface area (Å²) in [5.41, 5.74) is -0.00876. The molecule has 3 rings (SSSR count). The number of thiazole rings is 1. The number of aliphatic hydroxyl groups is 1. The van der Waals surface area contributed by atoms with Crippen LogP contribution in [0.4, 0.5) is 0 Å². The second kappa shape index (κ2) is 8.97. The van der Waals surface area contributed by atoms with E-state index in [9.17, 15) is 5.11 Å². The number of aromatic nitrogens is 2. The van der Waals surface area contributed by atoms with Crippen LogP contribution in [0.2, 0.25) is 0 Å². The number of fused-ring (bicyclic) bond motifs is 1. The van der Waals surface area contributed by atoms with Crippen molar-refractivity contribution in [1.82, 2.24) is 20.0 Å². The molecule has 9 heteroatoms. The third kappa shape index (κ3) is 5.16.